The number of nitrogen functional groups attached to an aromatic ring is 1. The van der Waals surface area contributed by atoms with Crippen LogP contribution >= 0.6 is 0 Å². The van der Waals surface area contributed by atoms with E-state index in [9.17, 15) is 0 Å². The highest BCUT2D eigenvalue weighted by atomic mass is 16.5. The largest absolute Gasteiger partial charge is 0.490 e. The van der Waals surface area contributed by atoms with E-state index in [1.54, 1.807) is 6.07 Å². The Labute approximate surface area is 100 Å². The first-order valence-corrected chi connectivity index (χ1v) is 5.56. The molecule has 1 aromatic heterocycles. The average molecular weight is 232 g/mol. The zero-order chi connectivity index (χ0) is 12.4. The summed E-state index contributed by atoms with van der Waals surface area (Å²) in [5.74, 6) is 1.09. The van der Waals surface area contributed by atoms with Gasteiger partial charge in [-0.25, -0.2) is 0 Å². The summed E-state index contributed by atoms with van der Waals surface area (Å²) in [5, 5.41) is 3.92. The molecule has 0 spiro atoms. The van der Waals surface area contributed by atoms with Crippen LogP contribution in [0.1, 0.15) is 19.4 Å². The van der Waals surface area contributed by atoms with Gasteiger partial charge in [0.1, 0.15) is 11.4 Å². The van der Waals surface area contributed by atoms with E-state index in [0.717, 1.165) is 16.9 Å². The van der Waals surface area contributed by atoms with Crippen LogP contribution in [-0.4, -0.2) is 11.3 Å². The van der Waals surface area contributed by atoms with Gasteiger partial charge in [-0.2, -0.15) is 0 Å². The van der Waals surface area contributed by atoms with Gasteiger partial charge in [-0.05, 0) is 32.9 Å². The molecule has 0 amide bonds. The summed E-state index contributed by atoms with van der Waals surface area (Å²) in [6, 6.07) is 7.65. The van der Waals surface area contributed by atoms with Crippen molar-refractivity contribution in [1.82, 2.24) is 5.16 Å². The van der Waals surface area contributed by atoms with Crippen molar-refractivity contribution in [3.8, 4) is 17.0 Å². The number of ether oxygens (including phenoxy) is 1. The number of anilines is 1. The number of rotatable bonds is 3. The number of hydrogen-bond donors (Lipinski definition) is 1. The summed E-state index contributed by atoms with van der Waals surface area (Å²) >= 11 is 0. The third-order valence-corrected chi connectivity index (χ3v) is 2.30. The molecule has 0 aliphatic rings. The third kappa shape index (κ3) is 2.58. The van der Waals surface area contributed by atoms with E-state index in [0.29, 0.717) is 11.6 Å². The van der Waals surface area contributed by atoms with Crippen molar-refractivity contribution in [1.29, 1.82) is 0 Å². The van der Waals surface area contributed by atoms with Gasteiger partial charge in [0.25, 0.3) is 0 Å². The molecule has 0 aliphatic carbocycles. The molecule has 17 heavy (non-hydrogen) atoms. The van der Waals surface area contributed by atoms with Gasteiger partial charge in [0.2, 0.25) is 5.88 Å². The van der Waals surface area contributed by atoms with Crippen molar-refractivity contribution in [3.05, 3.63) is 29.8 Å². The summed E-state index contributed by atoms with van der Waals surface area (Å²) in [5.41, 5.74) is 8.27. The molecule has 2 rings (SSSR count). The molecule has 0 aliphatic heterocycles. The van der Waals surface area contributed by atoms with Crippen molar-refractivity contribution in [2.45, 2.75) is 26.9 Å². The fraction of sp³-hybridized carbons (Fsp3) is 0.308. The Hall–Kier alpha value is -1.97. The van der Waals surface area contributed by atoms with E-state index in [2.05, 4.69) is 5.16 Å². The van der Waals surface area contributed by atoms with Crippen molar-refractivity contribution in [2.24, 2.45) is 0 Å². The minimum Gasteiger partial charge on any atom is -0.490 e. The molecule has 4 heteroatoms. The van der Waals surface area contributed by atoms with Gasteiger partial charge >= 0.3 is 0 Å². The highest BCUT2D eigenvalue weighted by Crippen LogP contribution is 2.31. The molecule has 0 saturated heterocycles. The first-order chi connectivity index (χ1) is 8.06. The van der Waals surface area contributed by atoms with Gasteiger partial charge < -0.3 is 15.0 Å². The normalized spacial score (nSPS) is 10.8. The maximum atomic E-state index is 5.74. The maximum absolute atomic E-state index is 5.74. The third-order valence-electron chi connectivity index (χ3n) is 2.30. The van der Waals surface area contributed by atoms with E-state index in [1.165, 1.54) is 0 Å². The predicted molar refractivity (Wildman–Crippen MR) is 66.9 cm³/mol. The van der Waals surface area contributed by atoms with Crippen molar-refractivity contribution < 1.29 is 9.26 Å². The van der Waals surface area contributed by atoms with Gasteiger partial charge in [0, 0.05) is 11.6 Å². The van der Waals surface area contributed by atoms with Crippen molar-refractivity contribution in [2.75, 3.05) is 5.73 Å². The molecule has 0 bridgehead atoms. The predicted octanol–water partition coefficient (Wildman–Crippen LogP) is 3.02. The number of aryl methyl sites for hydroxylation is 1. The average Bonchev–Trinajstić information content (AvgIpc) is 2.67. The van der Waals surface area contributed by atoms with E-state index in [-0.39, 0.29) is 6.10 Å². The summed E-state index contributed by atoms with van der Waals surface area (Å²) in [7, 11) is 0. The molecular formula is C13H16N2O2. The molecule has 2 N–H and O–H groups in total. The monoisotopic (exact) mass is 232 g/mol. The molecular weight excluding hydrogens is 216 g/mol. The standard InChI is InChI=1S/C13H16N2O2/c1-8(2)16-12-5-4-9(3)6-10(12)11-7-13(14)17-15-11/h4-8H,14H2,1-3H3. The minimum absolute atomic E-state index is 0.112. The molecule has 0 fully saturated rings. The number of aromatic nitrogens is 1. The molecule has 0 saturated carbocycles. The summed E-state index contributed by atoms with van der Waals surface area (Å²) in [6.45, 7) is 5.99. The number of benzene rings is 1. The van der Waals surface area contributed by atoms with Crippen LogP contribution in [0.2, 0.25) is 0 Å². The molecule has 0 unspecified atom stereocenters. The fourth-order valence-electron chi connectivity index (χ4n) is 1.62. The Balaban J connectivity index is 2.46. The zero-order valence-electron chi connectivity index (χ0n) is 10.2. The Bertz CT molecular complexity index is 518. The van der Waals surface area contributed by atoms with Crippen LogP contribution in [0.15, 0.2) is 28.8 Å². The second-order valence-electron chi connectivity index (χ2n) is 4.28. The molecule has 1 aromatic carbocycles. The first kappa shape index (κ1) is 11.5. The Morgan fingerprint density at radius 2 is 2.06 bits per heavy atom. The van der Waals surface area contributed by atoms with Gasteiger partial charge in [0.05, 0.1) is 6.10 Å². The lowest BCUT2D eigenvalue weighted by atomic mass is 10.1. The maximum Gasteiger partial charge on any atom is 0.222 e. The van der Waals surface area contributed by atoms with Gasteiger partial charge in [0.15, 0.2) is 0 Å². The molecule has 4 nitrogen and oxygen atoms in total. The Morgan fingerprint density at radius 1 is 1.29 bits per heavy atom. The summed E-state index contributed by atoms with van der Waals surface area (Å²) in [4.78, 5) is 0. The number of nitrogens with zero attached hydrogens (tertiary/aromatic N) is 1. The topological polar surface area (TPSA) is 61.3 Å². The van der Waals surface area contributed by atoms with Gasteiger partial charge in [-0.15, -0.1) is 0 Å². The number of nitrogens with two attached hydrogens (primary N) is 1. The van der Waals surface area contributed by atoms with Crippen molar-refractivity contribution >= 4 is 5.88 Å². The second-order valence-corrected chi connectivity index (χ2v) is 4.28. The highest BCUT2D eigenvalue weighted by molar-refractivity contribution is 5.69. The van der Waals surface area contributed by atoms with Gasteiger partial charge in [-0.3, -0.25) is 0 Å². The van der Waals surface area contributed by atoms with Crippen LogP contribution in [0, 0.1) is 6.92 Å². The van der Waals surface area contributed by atoms with Crippen LogP contribution in [0.25, 0.3) is 11.3 Å². The van der Waals surface area contributed by atoms with E-state index < -0.39 is 0 Å². The van der Waals surface area contributed by atoms with E-state index in [4.69, 9.17) is 15.0 Å². The molecule has 0 atom stereocenters. The van der Waals surface area contributed by atoms with Crippen LogP contribution < -0.4 is 10.5 Å². The van der Waals surface area contributed by atoms with Crippen LogP contribution in [0.4, 0.5) is 5.88 Å². The molecule has 0 radical (unpaired) electrons. The minimum atomic E-state index is 0.112. The van der Waals surface area contributed by atoms with E-state index in [1.807, 2.05) is 39.0 Å². The van der Waals surface area contributed by atoms with Gasteiger partial charge in [-0.1, -0.05) is 16.8 Å². The molecule has 90 valence electrons. The highest BCUT2D eigenvalue weighted by Gasteiger charge is 2.12. The SMILES string of the molecule is Cc1ccc(OC(C)C)c(-c2cc(N)on2)c1. The molecule has 1 heterocycles. The Kier molecular flexibility index (Phi) is 3.04. The lowest BCUT2D eigenvalue weighted by Gasteiger charge is -2.13. The fourth-order valence-corrected chi connectivity index (χ4v) is 1.62. The summed E-state index contributed by atoms with van der Waals surface area (Å²) in [6.07, 6.45) is 0.112. The summed E-state index contributed by atoms with van der Waals surface area (Å²) < 4.78 is 10.6. The van der Waals surface area contributed by atoms with E-state index >= 15 is 0 Å². The van der Waals surface area contributed by atoms with Crippen LogP contribution in [0.5, 0.6) is 5.75 Å². The quantitative estimate of drug-likeness (QED) is 0.883. The second kappa shape index (κ2) is 4.49. The lowest BCUT2D eigenvalue weighted by molar-refractivity contribution is 0.243. The zero-order valence-corrected chi connectivity index (χ0v) is 10.2. The smallest absolute Gasteiger partial charge is 0.222 e. The first-order valence-electron chi connectivity index (χ1n) is 5.56. The van der Waals surface area contributed by atoms with Crippen LogP contribution in [-0.2, 0) is 0 Å². The van der Waals surface area contributed by atoms with Crippen LogP contribution in [0.3, 0.4) is 0 Å². The Morgan fingerprint density at radius 3 is 2.65 bits per heavy atom. The lowest BCUT2D eigenvalue weighted by Crippen LogP contribution is -2.06. The number of hydrogen-bond acceptors (Lipinski definition) is 4. The molecule has 2 aromatic rings. The van der Waals surface area contributed by atoms with Crippen molar-refractivity contribution in [3.63, 3.8) is 0 Å².